The van der Waals surface area contributed by atoms with Gasteiger partial charge in [-0.3, -0.25) is 5.10 Å². The van der Waals surface area contributed by atoms with E-state index in [4.69, 9.17) is 4.74 Å². The third-order valence-electron chi connectivity index (χ3n) is 2.63. The van der Waals surface area contributed by atoms with Crippen molar-refractivity contribution < 1.29 is 4.74 Å². The van der Waals surface area contributed by atoms with Gasteiger partial charge >= 0.3 is 0 Å². The summed E-state index contributed by atoms with van der Waals surface area (Å²) in [6.07, 6.45) is 2.33. The zero-order valence-electron chi connectivity index (χ0n) is 10.5. The van der Waals surface area contributed by atoms with Crippen LogP contribution < -0.4 is 10.1 Å². The average molecular weight is 244 g/mol. The summed E-state index contributed by atoms with van der Waals surface area (Å²) < 4.78 is 5.45. The van der Waals surface area contributed by atoms with Crippen LogP contribution in [-0.4, -0.2) is 22.3 Å². The molecule has 0 aliphatic rings. The van der Waals surface area contributed by atoms with Gasteiger partial charge in [0, 0.05) is 5.70 Å². The highest BCUT2D eigenvalue weighted by Crippen LogP contribution is 2.35. The lowest BCUT2D eigenvalue weighted by molar-refractivity contribution is 0.418. The van der Waals surface area contributed by atoms with Crippen molar-refractivity contribution in [2.75, 3.05) is 12.4 Å². The molecule has 0 aliphatic heterocycles. The van der Waals surface area contributed by atoms with Crippen LogP contribution in [0.15, 0.2) is 36.8 Å². The Kier molecular flexibility index (Phi) is 3.62. The molecular weight excluding hydrogens is 228 g/mol. The third-order valence-corrected chi connectivity index (χ3v) is 2.63. The van der Waals surface area contributed by atoms with E-state index in [9.17, 15) is 0 Å². The summed E-state index contributed by atoms with van der Waals surface area (Å²) in [5.41, 5.74) is 2.67. The summed E-state index contributed by atoms with van der Waals surface area (Å²) in [4.78, 5) is 4.14. The van der Waals surface area contributed by atoms with Gasteiger partial charge in [0.25, 0.3) is 0 Å². The quantitative estimate of drug-likeness (QED) is 0.849. The molecule has 2 aromatic rings. The lowest BCUT2D eigenvalue weighted by atomic mass is 10.1. The van der Waals surface area contributed by atoms with Gasteiger partial charge in [-0.1, -0.05) is 19.6 Å². The number of hydrogen-bond acceptors (Lipinski definition) is 4. The molecule has 2 N–H and O–H groups in total. The smallest absolute Gasteiger partial charge is 0.159 e. The molecule has 5 nitrogen and oxygen atoms in total. The molecule has 1 aromatic carbocycles. The minimum Gasteiger partial charge on any atom is -0.494 e. The highest BCUT2D eigenvalue weighted by molar-refractivity contribution is 5.75. The van der Waals surface area contributed by atoms with E-state index < -0.39 is 0 Å². The molecule has 1 heterocycles. The van der Waals surface area contributed by atoms with Gasteiger partial charge in [-0.25, -0.2) is 4.98 Å². The number of methoxy groups -OCH3 is 1. The Balaban J connectivity index is 2.43. The first kappa shape index (κ1) is 12.2. The molecule has 0 fully saturated rings. The van der Waals surface area contributed by atoms with Crippen LogP contribution in [0.5, 0.6) is 5.75 Å². The zero-order chi connectivity index (χ0) is 13.0. The van der Waals surface area contributed by atoms with Crippen LogP contribution in [0.25, 0.3) is 11.4 Å². The molecule has 0 amide bonds. The van der Waals surface area contributed by atoms with Crippen molar-refractivity contribution in [3.05, 3.63) is 36.8 Å². The average Bonchev–Trinajstić information content (AvgIpc) is 2.92. The van der Waals surface area contributed by atoms with Gasteiger partial charge in [-0.2, -0.15) is 5.10 Å². The summed E-state index contributed by atoms with van der Waals surface area (Å²) in [6, 6.07) is 5.81. The van der Waals surface area contributed by atoms with Crippen LogP contribution in [0.2, 0.25) is 0 Å². The molecule has 2 rings (SSSR count). The summed E-state index contributed by atoms with van der Waals surface area (Å²) in [7, 11) is 1.63. The lowest BCUT2D eigenvalue weighted by Crippen LogP contribution is -2.00. The predicted molar refractivity (Wildman–Crippen MR) is 71.4 cm³/mol. The van der Waals surface area contributed by atoms with Gasteiger partial charge in [0.15, 0.2) is 11.6 Å². The first-order valence-corrected chi connectivity index (χ1v) is 5.73. The number of aromatic nitrogens is 3. The standard InChI is InChI=1S/C13H16N4O/c1-4-9(2)16-11-7-5-6-10(12(11)18-3)13-14-8-15-17-13/h5-8,16H,2,4H2,1,3H3,(H,14,15,17). The second kappa shape index (κ2) is 5.35. The fraction of sp³-hybridized carbons (Fsp3) is 0.231. The predicted octanol–water partition coefficient (Wildman–Crippen LogP) is 2.82. The number of ether oxygens (including phenoxy) is 1. The van der Waals surface area contributed by atoms with Gasteiger partial charge in [-0.15, -0.1) is 0 Å². The molecule has 0 radical (unpaired) electrons. The first-order chi connectivity index (χ1) is 8.76. The number of nitrogens with zero attached hydrogens (tertiary/aromatic N) is 2. The Morgan fingerprint density at radius 2 is 2.33 bits per heavy atom. The summed E-state index contributed by atoms with van der Waals surface area (Å²) in [5, 5.41) is 9.91. The van der Waals surface area contributed by atoms with Crippen LogP contribution >= 0.6 is 0 Å². The van der Waals surface area contributed by atoms with E-state index in [-0.39, 0.29) is 0 Å². The fourth-order valence-corrected chi connectivity index (χ4v) is 1.66. The molecule has 5 heteroatoms. The molecule has 0 spiro atoms. The van der Waals surface area contributed by atoms with E-state index in [0.717, 1.165) is 29.1 Å². The van der Waals surface area contributed by atoms with E-state index in [1.165, 1.54) is 6.33 Å². The Hall–Kier alpha value is -2.30. The molecule has 1 aromatic heterocycles. The van der Waals surface area contributed by atoms with Gasteiger partial charge in [0.05, 0.1) is 18.4 Å². The number of benzene rings is 1. The van der Waals surface area contributed by atoms with Crippen molar-refractivity contribution in [2.45, 2.75) is 13.3 Å². The molecular formula is C13H16N4O. The van der Waals surface area contributed by atoms with Crippen LogP contribution in [0.1, 0.15) is 13.3 Å². The Bertz CT molecular complexity index is 534. The Morgan fingerprint density at radius 1 is 1.50 bits per heavy atom. The number of aromatic amines is 1. The van der Waals surface area contributed by atoms with Crippen molar-refractivity contribution in [2.24, 2.45) is 0 Å². The normalized spacial score (nSPS) is 10.1. The number of rotatable bonds is 5. The Labute approximate surface area is 106 Å². The number of hydrogen-bond donors (Lipinski definition) is 2. The highest BCUT2D eigenvalue weighted by Gasteiger charge is 2.12. The molecule has 0 saturated heterocycles. The maximum atomic E-state index is 5.45. The lowest BCUT2D eigenvalue weighted by Gasteiger charge is -2.14. The van der Waals surface area contributed by atoms with Crippen molar-refractivity contribution in [3.63, 3.8) is 0 Å². The minimum absolute atomic E-state index is 0.678. The SMILES string of the molecule is C=C(CC)Nc1cccc(-c2ncn[nH]2)c1OC. The molecule has 0 unspecified atom stereocenters. The maximum absolute atomic E-state index is 5.45. The molecule has 18 heavy (non-hydrogen) atoms. The van der Waals surface area contributed by atoms with E-state index in [2.05, 4.69) is 27.1 Å². The van der Waals surface area contributed by atoms with Gasteiger partial charge < -0.3 is 10.1 Å². The molecule has 0 atom stereocenters. The van der Waals surface area contributed by atoms with E-state index in [0.29, 0.717) is 5.82 Å². The summed E-state index contributed by atoms with van der Waals surface area (Å²) in [5.74, 6) is 1.40. The van der Waals surface area contributed by atoms with Gasteiger partial charge in [-0.05, 0) is 18.6 Å². The highest BCUT2D eigenvalue weighted by atomic mass is 16.5. The molecule has 0 saturated carbocycles. The number of H-pyrrole nitrogens is 1. The van der Waals surface area contributed by atoms with Crippen LogP contribution in [0.3, 0.4) is 0 Å². The zero-order valence-corrected chi connectivity index (χ0v) is 10.5. The van der Waals surface area contributed by atoms with Gasteiger partial charge in [0.1, 0.15) is 6.33 Å². The van der Waals surface area contributed by atoms with Crippen molar-refractivity contribution in [3.8, 4) is 17.1 Å². The van der Waals surface area contributed by atoms with Crippen molar-refractivity contribution >= 4 is 5.69 Å². The van der Waals surface area contributed by atoms with E-state index in [1.54, 1.807) is 7.11 Å². The van der Waals surface area contributed by atoms with Crippen molar-refractivity contribution in [1.29, 1.82) is 0 Å². The topological polar surface area (TPSA) is 62.8 Å². The number of anilines is 1. The van der Waals surface area contributed by atoms with Crippen LogP contribution in [0.4, 0.5) is 5.69 Å². The maximum Gasteiger partial charge on any atom is 0.159 e. The molecule has 0 aliphatic carbocycles. The van der Waals surface area contributed by atoms with Crippen molar-refractivity contribution in [1.82, 2.24) is 15.2 Å². The number of allylic oxidation sites excluding steroid dienone is 1. The second-order valence-electron chi connectivity index (χ2n) is 3.80. The summed E-state index contributed by atoms with van der Waals surface area (Å²) in [6.45, 7) is 5.98. The molecule has 94 valence electrons. The Morgan fingerprint density at radius 3 is 2.94 bits per heavy atom. The third kappa shape index (κ3) is 2.34. The van der Waals surface area contributed by atoms with Crippen LogP contribution in [0, 0.1) is 0 Å². The monoisotopic (exact) mass is 244 g/mol. The second-order valence-corrected chi connectivity index (χ2v) is 3.80. The largest absolute Gasteiger partial charge is 0.494 e. The van der Waals surface area contributed by atoms with E-state index >= 15 is 0 Å². The van der Waals surface area contributed by atoms with Gasteiger partial charge in [0.2, 0.25) is 0 Å². The molecule has 0 bridgehead atoms. The minimum atomic E-state index is 0.678. The first-order valence-electron chi connectivity index (χ1n) is 5.73. The fourth-order valence-electron chi connectivity index (χ4n) is 1.66. The van der Waals surface area contributed by atoms with E-state index in [1.807, 2.05) is 25.1 Å². The summed E-state index contributed by atoms with van der Waals surface area (Å²) >= 11 is 0. The van der Waals surface area contributed by atoms with Crippen LogP contribution in [-0.2, 0) is 0 Å². The number of nitrogens with one attached hydrogen (secondary N) is 2. The number of para-hydroxylation sites is 1.